The number of nitrogens with zero attached hydrogens (tertiary/aromatic N) is 4. The number of piperazine rings is 1. The lowest BCUT2D eigenvalue weighted by molar-refractivity contribution is 0.107. The summed E-state index contributed by atoms with van der Waals surface area (Å²) in [6.07, 6.45) is 3.43. The summed E-state index contributed by atoms with van der Waals surface area (Å²) in [6, 6.07) is 13.0. The largest absolute Gasteiger partial charge is 0.508 e. The molecule has 0 aliphatic carbocycles. The van der Waals surface area contributed by atoms with Crippen molar-refractivity contribution >= 4 is 39.1 Å². The molecule has 10 heteroatoms. The van der Waals surface area contributed by atoms with E-state index in [9.17, 15) is 9.50 Å². The summed E-state index contributed by atoms with van der Waals surface area (Å²) in [4.78, 5) is 14.0. The predicted octanol–water partition coefficient (Wildman–Crippen LogP) is 5.84. The lowest BCUT2D eigenvalue weighted by Crippen LogP contribution is -2.52. The molecule has 4 aromatic rings. The molecule has 4 aliphatic rings. The zero-order valence-corrected chi connectivity index (χ0v) is 23.9. The van der Waals surface area contributed by atoms with Crippen molar-refractivity contribution in [3.8, 4) is 22.9 Å². The van der Waals surface area contributed by atoms with Crippen LogP contribution in [0.5, 0.6) is 11.8 Å². The predicted molar refractivity (Wildman–Crippen MR) is 160 cm³/mol. The number of rotatable bonds is 5. The number of phenols is 1. The molecule has 7 nitrogen and oxygen atoms in total. The summed E-state index contributed by atoms with van der Waals surface area (Å²) in [5.41, 5.74) is 0.401. The Labute approximate surface area is 247 Å². The van der Waals surface area contributed by atoms with Crippen LogP contribution in [0.15, 0.2) is 42.5 Å². The van der Waals surface area contributed by atoms with Crippen LogP contribution < -0.4 is 15.0 Å². The van der Waals surface area contributed by atoms with E-state index in [-0.39, 0.29) is 52.1 Å². The van der Waals surface area contributed by atoms with Crippen LogP contribution in [0.1, 0.15) is 32.1 Å². The van der Waals surface area contributed by atoms with Crippen LogP contribution in [0, 0.1) is 5.82 Å². The molecule has 0 amide bonds. The second-order valence-corrected chi connectivity index (χ2v) is 12.7. The molecule has 2 unspecified atom stereocenters. The van der Waals surface area contributed by atoms with Crippen molar-refractivity contribution in [2.24, 2.45) is 0 Å². The molecule has 4 atom stereocenters. The maximum Gasteiger partial charge on any atom is 0.319 e. The van der Waals surface area contributed by atoms with Gasteiger partial charge in [-0.15, -0.1) is 0 Å². The second-order valence-electron chi connectivity index (χ2n) is 12.3. The number of aromatic nitrogens is 2. The number of aromatic hydroxyl groups is 1. The van der Waals surface area contributed by atoms with Crippen LogP contribution >= 0.6 is 11.6 Å². The first-order chi connectivity index (χ1) is 20.4. The fourth-order valence-electron chi connectivity index (χ4n) is 7.94. The molecule has 42 heavy (non-hydrogen) atoms. The molecule has 4 saturated heterocycles. The Hall–Kier alpha value is -3.27. The first-order valence-corrected chi connectivity index (χ1v) is 15.2. The van der Waals surface area contributed by atoms with Crippen LogP contribution in [0.2, 0.25) is 5.02 Å². The minimum atomic E-state index is -0.877. The number of anilines is 1. The van der Waals surface area contributed by atoms with Gasteiger partial charge < -0.3 is 20.1 Å². The van der Waals surface area contributed by atoms with Gasteiger partial charge in [-0.3, -0.25) is 4.90 Å². The third-order valence-electron chi connectivity index (χ3n) is 9.81. The zero-order chi connectivity index (χ0) is 28.6. The number of benzene rings is 3. The van der Waals surface area contributed by atoms with E-state index in [0.717, 1.165) is 56.1 Å². The number of phenolic OH excluding ortho intramolecular Hbond substituents is 1. The third-order valence-corrected chi connectivity index (χ3v) is 10.1. The Morgan fingerprint density at radius 3 is 2.74 bits per heavy atom. The highest BCUT2D eigenvalue weighted by Crippen LogP contribution is 2.45. The lowest BCUT2D eigenvalue weighted by Gasteiger charge is -2.37. The summed E-state index contributed by atoms with van der Waals surface area (Å²) in [6.45, 7) is 3.17. The van der Waals surface area contributed by atoms with Crippen molar-refractivity contribution in [3.63, 3.8) is 0 Å². The maximum atomic E-state index is 16.8. The SMILES string of the molecule is Oc1cc(-c2c(Cl)cc3c(N4C5CCC4CNC5)nc(OC[C@@]45CCCN4C[C@H](F)C5)nc3c2F)c2ccccc2c1. The Kier molecular flexibility index (Phi) is 6.21. The van der Waals surface area contributed by atoms with Gasteiger partial charge in [0.2, 0.25) is 0 Å². The van der Waals surface area contributed by atoms with Gasteiger partial charge in [-0.25, -0.2) is 8.78 Å². The van der Waals surface area contributed by atoms with Crippen LogP contribution in [0.25, 0.3) is 32.8 Å². The Morgan fingerprint density at radius 1 is 1.10 bits per heavy atom. The van der Waals surface area contributed by atoms with Crippen LogP contribution in [0.3, 0.4) is 0 Å². The number of alkyl halides is 1. The van der Waals surface area contributed by atoms with E-state index < -0.39 is 12.0 Å². The van der Waals surface area contributed by atoms with Gasteiger partial charge in [0.25, 0.3) is 0 Å². The summed E-state index contributed by atoms with van der Waals surface area (Å²) < 4.78 is 37.5. The smallest absolute Gasteiger partial charge is 0.319 e. The Morgan fingerprint density at radius 2 is 1.90 bits per heavy atom. The van der Waals surface area contributed by atoms with Gasteiger partial charge >= 0.3 is 6.01 Å². The molecule has 218 valence electrons. The van der Waals surface area contributed by atoms with Crippen LogP contribution in [-0.4, -0.2) is 76.6 Å². The molecule has 0 spiro atoms. The highest BCUT2D eigenvalue weighted by molar-refractivity contribution is 6.35. The average molecular weight is 592 g/mol. The van der Waals surface area contributed by atoms with E-state index in [1.54, 1.807) is 12.1 Å². The highest BCUT2D eigenvalue weighted by atomic mass is 35.5. The summed E-state index contributed by atoms with van der Waals surface area (Å²) in [5.74, 6) is 0.0504. The third kappa shape index (κ3) is 4.12. The van der Waals surface area contributed by atoms with Crippen LogP contribution in [-0.2, 0) is 0 Å². The fraction of sp³-hybridized carbons (Fsp3) is 0.438. The van der Waals surface area contributed by atoms with E-state index in [2.05, 4.69) is 20.1 Å². The van der Waals surface area contributed by atoms with Crippen molar-refractivity contribution in [2.45, 2.75) is 55.9 Å². The first-order valence-electron chi connectivity index (χ1n) is 14.8. The molecule has 2 N–H and O–H groups in total. The van der Waals surface area contributed by atoms with E-state index in [0.29, 0.717) is 29.7 Å². The summed E-state index contributed by atoms with van der Waals surface area (Å²) in [7, 11) is 0. The molecular weight excluding hydrogens is 560 g/mol. The van der Waals surface area contributed by atoms with Crippen molar-refractivity contribution in [1.82, 2.24) is 20.2 Å². The molecule has 3 aromatic carbocycles. The monoisotopic (exact) mass is 591 g/mol. The quantitative estimate of drug-likeness (QED) is 0.302. The molecule has 0 radical (unpaired) electrons. The standard InChI is InChI=1S/C32H32ClF2N5O2/c33-26-12-25-29(28(35)27(26)24-11-22(41)10-18-4-1-2-5-23(18)24)37-31(38-30(25)40-20-6-7-21(40)15-36-14-20)42-17-32-8-3-9-39(32)16-19(34)13-32/h1-2,4-5,10-12,19-21,36,41H,3,6-9,13-17H2/t19-,20?,21?,32+/m1/s1. The molecule has 0 saturated carbocycles. The van der Waals surface area contributed by atoms with Crippen molar-refractivity contribution < 1.29 is 18.6 Å². The Balaban J connectivity index is 1.29. The minimum absolute atomic E-state index is 0.0205. The number of fused-ring (bicyclic) bond motifs is 5. The molecule has 1 aromatic heterocycles. The Bertz CT molecular complexity index is 1710. The van der Waals surface area contributed by atoms with Crippen LogP contribution in [0.4, 0.5) is 14.6 Å². The van der Waals surface area contributed by atoms with Gasteiger partial charge in [0, 0.05) is 49.1 Å². The molecule has 5 heterocycles. The van der Waals surface area contributed by atoms with Gasteiger partial charge in [0.1, 0.15) is 29.9 Å². The summed E-state index contributed by atoms with van der Waals surface area (Å²) in [5, 5.41) is 16.3. The molecule has 2 bridgehead atoms. The maximum absolute atomic E-state index is 16.8. The highest BCUT2D eigenvalue weighted by Gasteiger charge is 2.49. The molecular formula is C32H32ClF2N5O2. The summed E-state index contributed by atoms with van der Waals surface area (Å²) >= 11 is 6.88. The molecule has 4 fully saturated rings. The minimum Gasteiger partial charge on any atom is -0.508 e. The van der Waals surface area contributed by atoms with E-state index in [1.807, 2.05) is 24.3 Å². The number of halogens is 3. The topological polar surface area (TPSA) is 73.8 Å². The van der Waals surface area contributed by atoms with Gasteiger partial charge in [-0.05, 0) is 66.8 Å². The van der Waals surface area contributed by atoms with Crippen molar-refractivity contribution in [3.05, 3.63) is 53.3 Å². The lowest BCUT2D eigenvalue weighted by atomic mass is 9.95. The number of nitrogens with one attached hydrogen (secondary N) is 1. The van der Waals surface area contributed by atoms with Crippen molar-refractivity contribution in [1.29, 1.82) is 0 Å². The molecule has 8 rings (SSSR count). The average Bonchev–Trinajstić information content (AvgIpc) is 3.58. The van der Waals surface area contributed by atoms with Gasteiger partial charge in [-0.1, -0.05) is 35.9 Å². The fourth-order valence-corrected chi connectivity index (χ4v) is 8.24. The van der Waals surface area contributed by atoms with E-state index in [4.69, 9.17) is 21.3 Å². The molecule has 4 aliphatic heterocycles. The number of hydrogen-bond donors (Lipinski definition) is 2. The van der Waals surface area contributed by atoms with Crippen molar-refractivity contribution in [2.75, 3.05) is 37.7 Å². The van der Waals surface area contributed by atoms with Gasteiger partial charge in [-0.2, -0.15) is 9.97 Å². The first kappa shape index (κ1) is 26.4. The van der Waals surface area contributed by atoms with Gasteiger partial charge in [0.05, 0.1) is 10.6 Å². The number of hydrogen-bond acceptors (Lipinski definition) is 7. The van der Waals surface area contributed by atoms with Gasteiger partial charge in [0.15, 0.2) is 5.82 Å². The van der Waals surface area contributed by atoms with E-state index in [1.165, 1.54) is 6.07 Å². The normalized spacial score (nSPS) is 27.3. The second kappa shape index (κ2) is 9.89. The van der Waals surface area contributed by atoms with E-state index >= 15 is 4.39 Å². The number of ether oxygens (including phenoxy) is 1. The zero-order valence-electron chi connectivity index (χ0n) is 23.1.